The van der Waals surface area contributed by atoms with Crippen LogP contribution in [0.25, 0.3) is 10.8 Å². The van der Waals surface area contributed by atoms with Crippen molar-refractivity contribution < 1.29 is 8.42 Å². The van der Waals surface area contributed by atoms with Crippen molar-refractivity contribution in [3.63, 3.8) is 0 Å². The number of halogens is 1. The summed E-state index contributed by atoms with van der Waals surface area (Å²) in [7, 11) is -3.49. The van der Waals surface area contributed by atoms with Crippen molar-refractivity contribution in [1.82, 2.24) is 4.72 Å². The van der Waals surface area contributed by atoms with Gasteiger partial charge in [-0.05, 0) is 42.2 Å². The Hall–Kier alpha value is -1.14. The van der Waals surface area contributed by atoms with Gasteiger partial charge in [0.15, 0.2) is 0 Å². The van der Waals surface area contributed by atoms with Gasteiger partial charge in [-0.2, -0.15) is 0 Å². The van der Waals surface area contributed by atoms with Crippen LogP contribution < -0.4 is 10.5 Å². The lowest BCUT2D eigenvalue weighted by atomic mass is 9.78. The topological polar surface area (TPSA) is 72.2 Å². The minimum Gasteiger partial charge on any atom is -0.324 e. The molecular formula is C15H19ClN2O2S. The maximum atomic E-state index is 12.3. The van der Waals surface area contributed by atoms with E-state index in [2.05, 4.69) is 4.72 Å². The first kappa shape index (κ1) is 16.2. The molecule has 3 rings (SSSR count). The summed E-state index contributed by atoms with van der Waals surface area (Å²) in [6.07, 6.45) is 2.84. The van der Waals surface area contributed by atoms with Crippen molar-refractivity contribution in [3.05, 3.63) is 42.5 Å². The molecule has 4 nitrogen and oxygen atoms in total. The largest absolute Gasteiger partial charge is 0.324 e. The molecular weight excluding hydrogens is 308 g/mol. The third-order valence-corrected chi connectivity index (χ3v) is 5.39. The zero-order valence-corrected chi connectivity index (χ0v) is 13.2. The Morgan fingerprint density at radius 1 is 1.10 bits per heavy atom. The van der Waals surface area contributed by atoms with Gasteiger partial charge in [-0.25, -0.2) is 13.1 Å². The van der Waals surface area contributed by atoms with Gasteiger partial charge < -0.3 is 5.73 Å². The fourth-order valence-corrected chi connectivity index (χ4v) is 3.64. The molecule has 1 fully saturated rings. The van der Waals surface area contributed by atoms with Crippen molar-refractivity contribution in [2.45, 2.75) is 29.7 Å². The van der Waals surface area contributed by atoms with E-state index in [-0.39, 0.29) is 17.9 Å². The fraction of sp³-hybridized carbons (Fsp3) is 0.333. The number of benzene rings is 2. The summed E-state index contributed by atoms with van der Waals surface area (Å²) in [5.74, 6) is 0. The predicted octanol–water partition coefficient (Wildman–Crippen LogP) is 2.42. The SMILES string of the molecule is Cl.NC1(CNS(=O)(=O)c2ccc3ccccc3c2)CCC1. The molecule has 0 atom stereocenters. The molecule has 0 aromatic heterocycles. The Balaban J connectivity index is 0.00000161. The first-order valence-electron chi connectivity index (χ1n) is 6.76. The smallest absolute Gasteiger partial charge is 0.240 e. The number of hydrogen-bond donors (Lipinski definition) is 2. The molecule has 0 radical (unpaired) electrons. The molecule has 0 bridgehead atoms. The number of nitrogens with two attached hydrogens (primary N) is 1. The molecule has 0 amide bonds. The van der Waals surface area contributed by atoms with Gasteiger partial charge >= 0.3 is 0 Å². The lowest BCUT2D eigenvalue weighted by Crippen LogP contribution is -2.54. The van der Waals surface area contributed by atoms with Crippen LogP contribution in [0.15, 0.2) is 47.4 Å². The second kappa shape index (κ2) is 5.93. The first-order chi connectivity index (χ1) is 9.49. The number of fused-ring (bicyclic) bond motifs is 1. The quantitative estimate of drug-likeness (QED) is 0.906. The lowest BCUT2D eigenvalue weighted by Gasteiger charge is -2.38. The predicted molar refractivity (Wildman–Crippen MR) is 87.2 cm³/mol. The monoisotopic (exact) mass is 326 g/mol. The highest BCUT2D eigenvalue weighted by atomic mass is 35.5. The molecule has 0 saturated heterocycles. The highest BCUT2D eigenvalue weighted by molar-refractivity contribution is 7.89. The maximum Gasteiger partial charge on any atom is 0.240 e. The van der Waals surface area contributed by atoms with Crippen LogP contribution in [0.1, 0.15) is 19.3 Å². The fourth-order valence-electron chi connectivity index (χ4n) is 2.46. The zero-order chi connectivity index (χ0) is 14.2. The normalized spacial score (nSPS) is 17.0. The Labute approximate surface area is 131 Å². The van der Waals surface area contributed by atoms with Crippen LogP contribution in [0, 0.1) is 0 Å². The number of sulfonamides is 1. The van der Waals surface area contributed by atoms with E-state index in [1.807, 2.05) is 30.3 Å². The van der Waals surface area contributed by atoms with Crippen LogP contribution >= 0.6 is 12.4 Å². The number of rotatable bonds is 4. The molecule has 114 valence electrons. The highest BCUT2D eigenvalue weighted by Gasteiger charge is 2.33. The third kappa shape index (κ3) is 3.37. The van der Waals surface area contributed by atoms with Gasteiger partial charge in [-0.3, -0.25) is 0 Å². The molecule has 0 aliphatic heterocycles. The third-order valence-electron chi connectivity index (χ3n) is 3.99. The molecule has 3 N–H and O–H groups in total. The van der Waals surface area contributed by atoms with Crippen molar-refractivity contribution in [2.75, 3.05) is 6.54 Å². The van der Waals surface area contributed by atoms with E-state index in [1.165, 1.54) is 0 Å². The molecule has 0 heterocycles. The first-order valence-corrected chi connectivity index (χ1v) is 8.24. The zero-order valence-electron chi connectivity index (χ0n) is 11.6. The molecule has 1 aliphatic carbocycles. The molecule has 0 spiro atoms. The minimum atomic E-state index is -3.49. The average molecular weight is 327 g/mol. The molecule has 21 heavy (non-hydrogen) atoms. The van der Waals surface area contributed by atoms with Gasteiger partial charge in [0, 0.05) is 12.1 Å². The lowest BCUT2D eigenvalue weighted by molar-refractivity contribution is 0.251. The van der Waals surface area contributed by atoms with E-state index in [0.29, 0.717) is 11.4 Å². The van der Waals surface area contributed by atoms with Gasteiger partial charge in [0.05, 0.1) is 4.90 Å². The van der Waals surface area contributed by atoms with Crippen LogP contribution in [0.2, 0.25) is 0 Å². The maximum absolute atomic E-state index is 12.3. The molecule has 1 saturated carbocycles. The van der Waals surface area contributed by atoms with Gasteiger partial charge in [-0.1, -0.05) is 30.3 Å². The van der Waals surface area contributed by atoms with E-state index in [0.717, 1.165) is 30.0 Å². The highest BCUT2D eigenvalue weighted by Crippen LogP contribution is 2.28. The van der Waals surface area contributed by atoms with Crippen molar-refractivity contribution in [1.29, 1.82) is 0 Å². The number of nitrogens with one attached hydrogen (secondary N) is 1. The standard InChI is InChI=1S/C15H18N2O2S.ClH/c16-15(8-3-9-15)11-17-20(18,19)14-7-6-12-4-1-2-5-13(12)10-14;/h1-2,4-7,10,17H,3,8-9,11,16H2;1H. The molecule has 6 heteroatoms. The van der Waals surface area contributed by atoms with Crippen LogP contribution in [-0.4, -0.2) is 20.5 Å². The molecule has 2 aromatic rings. The summed E-state index contributed by atoms with van der Waals surface area (Å²) >= 11 is 0. The Morgan fingerprint density at radius 3 is 2.38 bits per heavy atom. The second-order valence-electron chi connectivity index (χ2n) is 5.55. The van der Waals surface area contributed by atoms with Crippen molar-refractivity contribution in [3.8, 4) is 0 Å². The Morgan fingerprint density at radius 2 is 1.76 bits per heavy atom. The second-order valence-corrected chi connectivity index (χ2v) is 7.32. The summed E-state index contributed by atoms with van der Waals surface area (Å²) in [5.41, 5.74) is 5.69. The summed E-state index contributed by atoms with van der Waals surface area (Å²) in [5, 5.41) is 1.95. The summed E-state index contributed by atoms with van der Waals surface area (Å²) in [6, 6.07) is 12.9. The van der Waals surface area contributed by atoms with Crippen LogP contribution in [-0.2, 0) is 10.0 Å². The minimum absolute atomic E-state index is 0. The van der Waals surface area contributed by atoms with E-state index >= 15 is 0 Å². The van der Waals surface area contributed by atoms with Gasteiger partial charge in [-0.15, -0.1) is 12.4 Å². The Kier molecular flexibility index (Phi) is 4.58. The van der Waals surface area contributed by atoms with E-state index in [9.17, 15) is 8.42 Å². The van der Waals surface area contributed by atoms with Gasteiger partial charge in [0.2, 0.25) is 10.0 Å². The average Bonchev–Trinajstić information content (AvgIpc) is 2.42. The molecule has 2 aromatic carbocycles. The van der Waals surface area contributed by atoms with Gasteiger partial charge in [0.25, 0.3) is 0 Å². The summed E-state index contributed by atoms with van der Waals surface area (Å²) < 4.78 is 27.2. The molecule has 1 aliphatic rings. The summed E-state index contributed by atoms with van der Waals surface area (Å²) in [4.78, 5) is 0.291. The summed E-state index contributed by atoms with van der Waals surface area (Å²) in [6.45, 7) is 0.308. The number of hydrogen-bond acceptors (Lipinski definition) is 3. The van der Waals surface area contributed by atoms with Gasteiger partial charge in [0.1, 0.15) is 0 Å². The van der Waals surface area contributed by atoms with E-state index in [4.69, 9.17) is 5.73 Å². The van der Waals surface area contributed by atoms with Crippen molar-refractivity contribution >= 4 is 33.2 Å². The molecule has 0 unspecified atom stereocenters. The van der Waals surface area contributed by atoms with Crippen molar-refractivity contribution in [2.24, 2.45) is 5.73 Å². The van der Waals surface area contributed by atoms with Crippen LogP contribution in [0.5, 0.6) is 0 Å². The van der Waals surface area contributed by atoms with Crippen LogP contribution in [0.3, 0.4) is 0 Å². The van der Waals surface area contributed by atoms with Crippen LogP contribution in [0.4, 0.5) is 0 Å². The van der Waals surface area contributed by atoms with E-state index in [1.54, 1.807) is 12.1 Å². The van der Waals surface area contributed by atoms with E-state index < -0.39 is 10.0 Å². The Bertz CT molecular complexity index is 742.